The van der Waals surface area contributed by atoms with Crippen molar-refractivity contribution in [1.82, 2.24) is 4.90 Å². The number of benzene rings is 1. The van der Waals surface area contributed by atoms with Gasteiger partial charge in [0.1, 0.15) is 0 Å². The number of hydrogen-bond donors (Lipinski definition) is 3. The Hall–Kier alpha value is -1.59. The molecular formula is C15H23N3O2. The molecule has 0 spiro atoms. The van der Waals surface area contributed by atoms with Gasteiger partial charge in [0, 0.05) is 25.3 Å². The van der Waals surface area contributed by atoms with E-state index in [1.807, 2.05) is 25.1 Å². The largest absolute Gasteiger partial charge is 0.409 e. The minimum absolute atomic E-state index is 0.137. The summed E-state index contributed by atoms with van der Waals surface area (Å²) in [6, 6.07) is 5.86. The number of likely N-dealkylation sites (tertiary alicyclic amines) is 1. The zero-order chi connectivity index (χ0) is 14.5. The summed E-state index contributed by atoms with van der Waals surface area (Å²) in [4.78, 5) is 2.38. The Bertz CT molecular complexity index is 488. The summed E-state index contributed by atoms with van der Waals surface area (Å²) in [5.41, 5.74) is 8.72. The maximum absolute atomic E-state index is 9.28. The summed E-state index contributed by atoms with van der Waals surface area (Å²) in [7, 11) is 0. The Labute approximate surface area is 119 Å². The molecule has 1 unspecified atom stereocenters. The number of piperidine rings is 1. The number of oxime groups is 1. The van der Waals surface area contributed by atoms with E-state index in [0.717, 1.165) is 43.6 Å². The fraction of sp³-hybridized carbons (Fsp3) is 0.533. The van der Waals surface area contributed by atoms with Gasteiger partial charge in [-0.05, 0) is 49.4 Å². The molecule has 0 amide bonds. The van der Waals surface area contributed by atoms with E-state index in [0.29, 0.717) is 5.92 Å². The molecule has 1 atom stereocenters. The van der Waals surface area contributed by atoms with E-state index in [9.17, 15) is 5.11 Å². The molecule has 1 aliphatic rings. The molecule has 5 nitrogen and oxygen atoms in total. The van der Waals surface area contributed by atoms with Gasteiger partial charge in [0.25, 0.3) is 0 Å². The standard InChI is InChI=1S/C15H23N3O2/c1-11-7-13(15(16)17-20)4-5-14(11)9-18-6-2-3-12(8-18)10-19/h4-5,7,12,19-20H,2-3,6,8-10H2,1H3,(H2,16,17). The van der Waals surface area contributed by atoms with Gasteiger partial charge in [-0.15, -0.1) is 0 Å². The van der Waals surface area contributed by atoms with E-state index in [-0.39, 0.29) is 12.4 Å². The lowest BCUT2D eigenvalue weighted by Gasteiger charge is -2.32. The summed E-state index contributed by atoms with van der Waals surface area (Å²) in [6.45, 7) is 5.24. The van der Waals surface area contributed by atoms with Gasteiger partial charge in [-0.25, -0.2) is 0 Å². The van der Waals surface area contributed by atoms with Crippen molar-refractivity contribution in [2.24, 2.45) is 16.8 Å². The van der Waals surface area contributed by atoms with Crippen LogP contribution in [0.5, 0.6) is 0 Å². The maximum atomic E-state index is 9.28. The van der Waals surface area contributed by atoms with Crippen molar-refractivity contribution in [2.75, 3.05) is 19.7 Å². The zero-order valence-corrected chi connectivity index (χ0v) is 11.9. The first-order chi connectivity index (χ1) is 9.63. The molecule has 1 aromatic rings. The zero-order valence-electron chi connectivity index (χ0n) is 11.9. The molecule has 0 aliphatic carbocycles. The van der Waals surface area contributed by atoms with Crippen LogP contribution in [-0.2, 0) is 6.54 Å². The van der Waals surface area contributed by atoms with Crippen LogP contribution in [0, 0.1) is 12.8 Å². The van der Waals surface area contributed by atoms with E-state index in [1.165, 1.54) is 5.56 Å². The number of amidine groups is 1. The Balaban J connectivity index is 2.06. The van der Waals surface area contributed by atoms with Crippen LogP contribution < -0.4 is 5.73 Å². The molecule has 1 heterocycles. The quantitative estimate of drug-likeness (QED) is 0.335. The second-order valence-electron chi connectivity index (χ2n) is 5.55. The van der Waals surface area contributed by atoms with Crippen molar-refractivity contribution in [3.05, 3.63) is 34.9 Å². The van der Waals surface area contributed by atoms with Crippen molar-refractivity contribution < 1.29 is 10.3 Å². The van der Waals surface area contributed by atoms with Gasteiger partial charge in [0.15, 0.2) is 5.84 Å². The van der Waals surface area contributed by atoms with E-state index < -0.39 is 0 Å². The molecule has 0 bridgehead atoms. The highest BCUT2D eigenvalue weighted by Gasteiger charge is 2.19. The third-order valence-corrected chi connectivity index (χ3v) is 4.00. The smallest absolute Gasteiger partial charge is 0.170 e. The lowest BCUT2D eigenvalue weighted by Crippen LogP contribution is -2.36. The fourth-order valence-electron chi connectivity index (χ4n) is 2.78. The molecular weight excluding hydrogens is 254 g/mol. The second kappa shape index (κ2) is 6.72. The minimum atomic E-state index is 0.137. The van der Waals surface area contributed by atoms with Crippen molar-refractivity contribution in [1.29, 1.82) is 0 Å². The van der Waals surface area contributed by atoms with E-state index in [2.05, 4.69) is 10.1 Å². The molecule has 0 aromatic heterocycles. The summed E-state index contributed by atoms with van der Waals surface area (Å²) >= 11 is 0. The monoisotopic (exact) mass is 277 g/mol. The van der Waals surface area contributed by atoms with Crippen LogP contribution in [0.2, 0.25) is 0 Å². The SMILES string of the molecule is Cc1cc(/C(N)=N/O)ccc1CN1CCCC(CO)C1. The summed E-state index contributed by atoms with van der Waals surface area (Å²) in [5, 5.41) is 21.0. The molecule has 110 valence electrons. The Morgan fingerprint density at radius 3 is 2.95 bits per heavy atom. The fourth-order valence-corrected chi connectivity index (χ4v) is 2.78. The molecule has 1 fully saturated rings. The van der Waals surface area contributed by atoms with Crippen LogP contribution >= 0.6 is 0 Å². The average molecular weight is 277 g/mol. The molecule has 5 heteroatoms. The topological polar surface area (TPSA) is 82.1 Å². The number of aryl methyl sites for hydroxylation is 1. The lowest BCUT2D eigenvalue weighted by atomic mass is 9.97. The molecule has 0 saturated carbocycles. The van der Waals surface area contributed by atoms with E-state index in [1.54, 1.807) is 0 Å². The number of aliphatic hydroxyl groups excluding tert-OH is 1. The molecule has 1 aliphatic heterocycles. The Morgan fingerprint density at radius 1 is 1.50 bits per heavy atom. The molecule has 1 aromatic carbocycles. The van der Waals surface area contributed by atoms with Gasteiger partial charge in [-0.1, -0.05) is 17.3 Å². The summed E-state index contributed by atoms with van der Waals surface area (Å²) in [5.74, 6) is 0.540. The first-order valence-electron chi connectivity index (χ1n) is 7.04. The first-order valence-corrected chi connectivity index (χ1v) is 7.04. The normalized spacial score (nSPS) is 21.1. The van der Waals surface area contributed by atoms with Gasteiger partial charge in [0.2, 0.25) is 0 Å². The second-order valence-corrected chi connectivity index (χ2v) is 5.55. The maximum Gasteiger partial charge on any atom is 0.170 e. The molecule has 2 rings (SSSR count). The van der Waals surface area contributed by atoms with Crippen molar-refractivity contribution in [2.45, 2.75) is 26.3 Å². The summed E-state index contributed by atoms with van der Waals surface area (Å²) in [6.07, 6.45) is 2.26. The van der Waals surface area contributed by atoms with E-state index >= 15 is 0 Å². The molecule has 20 heavy (non-hydrogen) atoms. The molecule has 0 radical (unpaired) electrons. The van der Waals surface area contributed by atoms with Gasteiger partial charge in [-0.2, -0.15) is 0 Å². The van der Waals surface area contributed by atoms with Gasteiger partial charge < -0.3 is 16.0 Å². The molecule has 4 N–H and O–H groups in total. The average Bonchev–Trinajstić information content (AvgIpc) is 2.48. The van der Waals surface area contributed by atoms with Crippen molar-refractivity contribution >= 4 is 5.84 Å². The number of nitrogens with zero attached hydrogens (tertiary/aromatic N) is 2. The van der Waals surface area contributed by atoms with Gasteiger partial charge in [-0.3, -0.25) is 4.90 Å². The van der Waals surface area contributed by atoms with Crippen LogP contribution in [0.15, 0.2) is 23.4 Å². The van der Waals surface area contributed by atoms with Crippen LogP contribution in [0.1, 0.15) is 29.5 Å². The predicted molar refractivity (Wildman–Crippen MR) is 78.8 cm³/mol. The number of rotatable bonds is 4. The third-order valence-electron chi connectivity index (χ3n) is 4.00. The highest BCUT2D eigenvalue weighted by Crippen LogP contribution is 2.20. The number of nitrogens with two attached hydrogens (primary N) is 1. The lowest BCUT2D eigenvalue weighted by molar-refractivity contribution is 0.116. The van der Waals surface area contributed by atoms with Crippen LogP contribution in [0.3, 0.4) is 0 Å². The highest BCUT2D eigenvalue weighted by molar-refractivity contribution is 5.97. The Morgan fingerprint density at radius 2 is 2.30 bits per heavy atom. The first kappa shape index (κ1) is 14.8. The Kier molecular flexibility index (Phi) is 4.98. The highest BCUT2D eigenvalue weighted by atomic mass is 16.4. The van der Waals surface area contributed by atoms with Gasteiger partial charge in [0.05, 0.1) is 0 Å². The predicted octanol–water partition coefficient (Wildman–Crippen LogP) is 1.29. The third kappa shape index (κ3) is 3.49. The van der Waals surface area contributed by atoms with Crippen LogP contribution in [0.25, 0.3) is 0 Å². The number of aliphatic hydroxyl groups is 1. The van der Waals surface area contributed by atoms with E-state index in [4.69, 9.17) is 10.9 Å². The number of hydrogen-bond acceptors (Lipinski definition) is 4. The van der Waals surface area contributed by atoms with Crippen LogP contribution in [0.4, 0.5) is 0 Å². The van der Waals surface area contributed by atoms with Crippen molar-refractivity contribution in [3.63, 3.8) is 0 Å². The van der Waals surface area contributed by atoms with Crippen LogP contribution in [-0.4, -0.2) is 40.7 Å². The van der Waals surface area contributed by atoms with Crippen molar-refractivity contribution in [3.8, 4) is 0 Å². The summed E-state index contributed by atoms with van der Waals surface area (Å²) < 4.78 is 0. The van der Waals surface area contributed by atoms with Gasteiger partial charge >= 0.3 is 0 Å². The minimum Gasteiger partial charge on any atom is -0.409 e. The molecule has 1 saturated heterocycles.